The Morgan fingerprint density at radius 1 is 1.27 bits per heavy atom. The van der Waals surface area contributed by atoms with Gasteiger partial charge in [-0.3, -0.25) is 0 Å². The summed E-state index contributed by atoms with van der Waals surface area (Å²) >= 11 is 0. The van der Waals surface area contributed by atoms with E-state index in [9.17, 15) is 10.2 Å². The van der Waals surface area contributed by atoms with Crippen LogP contribution in [0.1, 0.15) is 17.2 Å². The molecule has 0 amide bonds. The lowest BCUT2D eigenvalue weighted by Crippen LogP contribution is -2.22. The fourth-order valence-corrected chi connectivity index (χ4v) is 1.42. The molecule has 2 atom stereocenters. The van der Waals surface area contributed by atoms with Gasteiger partial charge in [0.2, 0.25) is 0 Å². The summed E-state index contributed by atoms with van der Waals surface area (Å²) in [6, 6.07) is 7.21. The van der Waals surface area contributed by atoms with E-state index in [0.717, 1.165) is 12.0 Å². The van der Waals surface area contributed by atoms with Crippen LogP contribution in [0.3, 0.4) is 0 Å². The van der Waals surface area contributed by atoms with Crippen molar-refractivity contribution in [1.82, 2.24) is 0 Å². The van der Waals surface area contributed by atoms with Crippen LogP contribution in [0.25, 0.3) is 0 Å². The summed E-state index contributed by atoms with van der Waals surface area (Å²) in [5, 5.41) is 27.6. The molecule has 2 unspecified atom stereocenters. The average Bonchev–Trinajstić information content (AvgIpc) is 2.28. The van der Waals surface area contributed by atoms with Crippen molar-refractivity contribution in [2.24, 2.45) is 5.73 Å². The molecule has 0 fully saturated rings. The van der Waals surface area contributed by atoms with Crippen LogP contribution >= 0.6 is 0 Å². The van der Waals surface area contributed by atoms with Crippen molar-refractivity contribution in [2.75, 3.05) is 13.2 Å². The van der Waals surface area contributed by atoms with E-state index in [-0.39, 0.29) is 0 Å². The number of rotatable bonds is 5. The molecule has 15 heavy (non-hydrogen) atoms. The third-order valence-corrected chi connectivity index (χ3v) is 2.28. The van der Waals surface area contributed by atoms with Gasteiger partial charge in [-0.05, 0) is 24.1 Å². The highest BCUT2D eigenvalue weighted by Crippen LogP contribution is 2.18. The Kier molecular flexibility index (Phi) is 4.71. The first-order chi connectivity index (χ1) is 7.19. The molecular formula is C11H17NO3. The molecule has 1 aromatic rings. The predicted molar refractivity (Wildman–Crippen MR) is 57.3 cm³/mol. The molecule has 0 aliphatic rings. The highest BCUT2D eigenvalue weighted by Gasteiger charge is 2.17. The van der Waals surface area contributed by atoms with Crippen molar-refractivity contribution in [3.63, 3.8) is 0 Å². The van der Waals surface area contributed by atoms with Gasteiger partial charge in [0.15, 0.2) is 0 Å². The number of aliphatic hydroxyl groups excluding tert-OH is 3. The predicted octanol–water partition coefficient (Wildman–Crippen LogP) is -0.426. The molecule has 1 rings (SSSR count). The molecule has 0 heterocycles. The second kappa shape index (κ2) is 5.82. The Labute approximate surface area is 89.0 Å². The minimum atomic E-state index is -1.14. The molecule has 5 N–H and O–H groups in total. The van der Waals surface area contributed by atoms with Crippen molar-refractivity contribution in [3.05, 3.63) is 35.4 Å². The molecule has 0 aliphatic carbocycles. The van der Waals surface area contributed by atoms with Crippen molar-refractivity contribution in [1.29, 1.82) is 0 Å². The minimum absolute atomic E-state index is 0.456. The Morgan fingerprint density at radius 2 is 2.00 bits per heavy atom. The van der Waals surface area contributed by atoms with E-state index in [4.69, 9.17) is 10.8 Å². The Hall–Kier alpha value is -0.940. The van der Waals surface area contributed by atoms with Crippen molar-refractivity contribution in [2.45, 2.75) is 18.6 Å². The third kappa shape index (κ3) is 3.28. The maximum atomic E-state index is 9.64. The first-order valence-corrected chi connectivity index (χ1v) is 4.95. The van der Waals surface area contributed by atoms with E-state index in [2.05, 4.69) is 0 Å². The molecule has 0 spiro atoms. The second-order valence-electron chi connectivity index (χ2n) is 3.48. The van der Waals surface area contributed by atoms with Crippen LogP contribution in [0.2, 0.25) is 0 Å². The zero-order valence-corrected chi connectivity index (χ0v) is 8.50. The first-order valence-electron chi connectivity index (χ1n) is 4.95. The van der Waals surface area contributed by atoms with Crippen LogP contribution in [-0.4, -0.2) is 34.6 Å². The molecule has 0 bridgehead atoms. The quantitative estimate of drug-likeness (QED) is 0.532. The molecule has 4 heteroatoms. The van der Waals surface area contributed by atoms with Crippen molar-refractivity contribution >= 4 is 0 Å². The van der Waals surface area contributed by atoms with E-state index in [1.165, 1.54) is 0 Å². The Bertz CT molecular complexity index is 304. The number of benzene rings is 1. The monoisotopic (exact) mass is 211 g/mol. The summed E-state index contributed by atoms with van der Waals surface area (Å²) in [7, 11) is 0. The minimum Gasteiger partial charge on any atom is -0.394 e. The standard InChI is InChI=1S/C11H17NO3/c12-5-4-8-2-1-3-9(6-8)11(15)10(14)7-13/h1-3,6,10-11,13-15H,4-5,7,12H2. The van der Waals surface area contributed by atoms with E-state index >= 15 is 0 Å². The van der Waals surface area contributed by atoms with Crippen LogP contribution in [0, 0.1) is 0 Å². The van der Waals surface area contributed by atoms with E-state index in [1.807, 2.05) is 6.07 Å². The fourth-order valence-electron chi connectivity index (χ4n) is 1.42. The van der Waals surface area contributed by atoms with Crippen LogP contribution < -0.4 is 5.73 Å². The summed E-state index contributed by atoms with van der Waals surface area (Å²) in [5.74, 6) is 0. The highest BCUT2D eigenvalue weighted by atomic mass is 16.4. The van der Waals surface area contributed by atoms with Crippen LogP contribution in [-0.2, 0) is 6.42 Å². The average molecular weight is 211 g/mol. The molecule has 4 nitrogen and oxygen atoms in total. The Morgan fingerprint density at radius 3 is 2.60 bits per heavy atom. The van der Waals surface area contributed by atoms with Crippen LogP contribution in [0.15, 0.2) is 24.3 Å². The van der Waals surface area contributed by atoms with Gasteiger partial charge in [0, 0.05) is 0 Å². The molecule has 0 saturated carbocycles. The normalized spacial score (nSPS) is 14.9. The SMILES string of the molecule is NCCc1cccc(C(O)C(O)CO)c1. The van der Waals surface area contributed by atoms with Gasteiger partial charge in [-0.15, -0.1) is 0 Å². The maximum Gasteiger partial charge on any atom is 0.107 e. The van der Waals surface area contributed by atoms with E-state index in [0.29, 0.717) is 12.1 Å². The summed E-state index contributed by atoms with van der Waals surface area (Å²) < 4.78 is 0. The van der Waals surface area contributed by atoms with Gasteiger partial charge >= 0.3 is 0 Å². The smallest absolute Gasteiger partial charge is 0.107 e. The highest BCUT2D eigenvalue weighted by molar-refractivity contribution is 5.26. The fraction of sp³-hybridized carbons (Fsp3) is 0.455. The third-order valence-electron chi connectivity index (χ3n) is 2.28. The molecule has 1 aromatic carbocycles. The molecule has 84 valence electrons. The zero-order chi connectivity index (χ0) is 11.3. The summed E-state index contributed by atoms with van der Waals surface area (Å²) in [5.41, 5.74) is 7.03. The molecule has 0 aliphatic heterocycles. The summed E-state index contributed by atoms with van der Waals surface area (Å²) in [6.45, 7) is 0.0877. The van der Waals surface area contributed by atoms with Gasteiger partial charge in [0.1, 0.15) is 12.2 Å². The van der Waals surface area contributed by atoms with Gasteiger partial charge in [-0.25, -0.2) is 0 Å². The largest absolute Gasteiger partial charge is 0.394 e. The molecule has 0 saturated heterocycles. The lowest BCUT2D eigenvalue weighted by atomic mass is 10.0. The number of hydrogen-bond acceptors (Lipinski definition) is 4. The molecule has 0 aromatic heterocycles. The van der Waals surface area contributed by atoms with Gasteiger partial charge in [0.05, 0.1) is 6.61 Å². The topological polar surface area (TPSA) is 86.7 Å². The van der Waals surface area contributed by atoms with Gasteiger partial charge in [-0.2, -0.15) is 0 Å². The summed E-state index contributed by atoms with van der Waals surface area (Å²) in [4.78, 5) is 0. The number of hydrogen-bond donors (Lipinski definition) is 4. The lowest BCUT2D eigenvalue weighted by molar-refractivity contribution is -0.0152. The summed E-state index contributed by atoms with van der Waals surface area (Å²) in [6.07, 6.45) is -1.46. The van der Waals surface area contributed by atoms with E-state index in [1.54, 1.807) is 18.2 Å². The Balaban J connectivity index is 2.80. The molecular weight excluding hydrogens is 194 g/mol. The van der Waals surface area contributed by atoms with Gasteiger partial charge < -0.3 is 21.1 Å². The van der Waals surface area contributed by atoms with Crippen LogP contribution in [0.4, 0.5) is 0 Å². The first kappa shape index (κ1) is 12.1. The molecule has 0 radical (unpaired) electrons. The van der Waals surface area contributed by atoms with Gasteiger partial charge in [-0.1, -0.05) is 24.3 Å². The van der Waals surface area contributed by atoms with Crippen molar-refractivity contribution < 1.29 is 15.3 Å². The second-order valence-corrected chi connectivity index (χ2v) is 3.48. The van der Waals surface area contributed by atoms with Crippen molar-refractivity contribution in [3.8, 4) is 0 Å². The van der Waals surface area contributed by atoms with E-state index < -0.39 is 18.8 Å². The maximum absolute atomic E-state index is 9.64. The number of nitrogens with two attached hydrogens (primary N) is 1. The lowest BCUT2D eigenvalue weighted by Gasteiger charge is -2.16. The zero-order valence-electron chi connectivity index (χ0n) is 8.50. The van der Waals surface area contributed by atoms with Gasteiger partial charge in [0.25, 0.3) is 0 Å². The van der Waals surface area contributed by atoms with Crippen LogP contribution in [0.5, 0.6) is 0 Å². The number of aliphatic hydroxyl groups is 3.